The number of aryl methyl sites for hydroxylation is 1. The van der Waals surface area contributed by atoms with Crippen LogP contribution in [0.25, 0.3) is 0 Å². The lowest BCUT2D eigenvalue weighted by atomic mass is 10.1. The molecule has 5 heteroatoms. The highest BCUT2D eigenvalue weighted by Crippen LogP contribution is 2.27. The number of nitrogens with one attached hydrogen (secondary N) is 1. The second-order valence-electron chi connectivity index (χ2n) is 5.61. The molecule has 116 valence electrons. The molecule has 21 heavy (non-hydrogen) atoms. The zero-order valence-corrected chi connectivity index (χ0v) is 14.2. The minimum Gasteiger partial charge on any atom is -0.384 e. The van der Waals surface area contributed by atoms with Crippen molar-refractivity contribution in [3.8, 4) is 0 Å². The normalized spacial score (nSPS) is 22.2. The molecular formula is C16H25N3OS. The maximum Gasteiger partial charge on any atom is 0.257 e. The predicted molar refractivity (Wildman–Crippen MR) is 90.2 cm³/mol. The number of anilines is 1. The molecule has 1 aromatic rings. The van der Waals surface area contributed by atoms with Gasteiger partial charge in [-0.15, -0.1) is 0 Å². The molecule has 0 spiro atoms. The van der Waals surface area contributed by atoms with Gasteiger partial charge < -0.3 is 10.2 Å². The average molecular weight is 307 g/mol. The number of carbonyl (C=O) groups excluding carboxylic acids is 1. The number of hydrogen-bond acceptors (Lipinski definition) is 4. The monoisotopic (exact) mass is 307 g/mol. The Hall–Kier alpha value is -1.23. The molecule has 1 aliphatic rings. The van der Waals surface area contributed by atoms with E-state index in [0.717, 1.165) is 36.6 Å². The first kappa shape index (κ1) is 16.1. The Bertz CT molecular complexity index is 506. The van der Waals surface area contributed by atoms with Gasteiger partial charge in [-0.05, 0) is 26.3 Å². The van der Waals surface area contributed by atoms with Crippen LogP contribution >= 0.6 is 11.8 Å². The first-order valence-corrected chi connectivity index (χ1v) is 8.72. The van der Waals surface area contributed by atoms with Gasteiger partial charge in [0.25, 0.3) is 5.91 Å². The standard InChI is InChI=1S/C16H25N3OS/c1-5-6-17-15-9-11(2)18-10-14(15)16(20)19-7-8-21-13(4)12(19)3/h9-10,12-13H,5-8H2,1-4H3,(H,17,18). The van der Waals surface area contributed by atoms with Crippen molar-refractivity contribution >= 4 is 23.4 Å². The van der Waals surface area contributed by atoms with E-state index in [-0.39, 0.29) is 11.9 Å². The number of carbonyl (C=O) groups is 1. The number of amides is 1. The van der Waals surface area contributed by atoms with Crippen LogP contribution in [0, 0.1) is 6.92 Å². The molecule has 2 rings (SSSR count). The second kappa shape index (κ2) is 7.16. The van der Waals surface area contributed by atoms with Crippen LogP contribution in [0.3, 0.4) is 0 Å². The number of nitrogens with zero attached hydrogens (tertiary/aromatic N) is 2. The molecule has 2 unspecified atom stereocenters. The van der Waals surface area contributed by atoms with Crippen LogP contribution in [-0.2, 0) is 0 Å². The van der Waals surface area contributed by atoms with Crippen LogP contribution in [0.2, 0.25) is 0 Å². The first-order chi connectivity index (χ1) is 10.0. The van der Waals surface area contributed by atoms with E-state index in [0.29, 0.717) is 10.8 Å². The van der Waals surface area contributed by atoms with E-state index >= 15 is 0 Å². The van der Waals surface area contributed by atoms with Gasteiger partial charge in [0.2, 0.25) is 0 Å². The Balaban J connectivity index is 2.25. The topological polar surface area (TPSA) is 45.2 Å². The number of aromatic nitrogens is 1. The van der Waals surface area contributed by atoms with Crippen molar-refractivity contribution < 1.29 is 4.79 Å². The zero-order valence-electron chi connectivity index (χ0n) is 13.3. The highest BCUT2D eigenvalue weighted by atomic mass is 32.2. The van der Waals surface area contributed by atoms with Gasteiger partial charge in [-0.25, -0.2) is 0 Å². The summed E-state index contributed by atoms with van der Waals surface area (Å²) in [7, 11) is 0. The van der Waals surface area contributed by atoms with Gasteiger partial charge in [0.1, 0.15) is 0 Å². The van der Waals surface area contributed by atoms with Crippen molar-refractivity contribution in [2.75, 3.05) is 24.2 Å². The molecule has 1 saturated heterocycles. The molecule has 2 heterocycles. The summed E-state index contributed by atoms with van der Waals surface area (Å²) in [5, 5.41) is 3.84. The van der Waals surface area contributed by atoms with E-state index in [9.17, 15) is 4.79 Å². The number of thioether (sulfide) groups is 1. The van der Waals surface area contributed by atoms with Gasteiger partial charge in [0.05, 0.1) is 11.3 Å². The van der Waals surface area contributed by atoms with Gasteiger partial charge in [-0.1, -0.05) is 13.8 Å². The van der Waals surface area contributed by atoms with Crippen LogP contribution in [0.4, 0.5) is 5.69 Å². The van der Waals surface area contributed by atoms with Crippen molar-refractivity contribution in [2.24, 2.45) is 0 Å². The zero-order chi connectivity index (χ0) is 15.4. The average Bonchev–Trinajstić information content (AvgIpc) is 2.47. The minimum absolute atomic E-state index is 0.0979. The molecule has 1 amide bonds. The van der Waals surface area contributed by atoms with Gasteiger partial charge in [-0.3, -0.25) is 9.78 Å². The molecule has 1 fully saturated rings. The Kier molecular flexibility index (Phi) is 5.51. The number of rotatable bonds is 4. The van der Waals surface area contributed by atoms with E-state index in [4.69, 9.17) is 0 Å². The van der Waals surface area contributed by atoms with Crippen molar-refractivity contribution in [2.45, 2.75) is 45.4 Å². The molecule has 2 atom stereocenters. The first-order valence-electron chi connectivity index (χ1n) is 7.67. The third-order valence-corrected chi connectivity index (χ3v) is 5.32. The van der Waals surface area contributed by atoms with Gasteiger partial charge >= 0.3 is 0 Å². The van der Waals surface area contributed by atoms with E-state index in [1.54, 1.807) is 6.20 Å². The maximum atomic E-state index is 12.9. The van der Waals surface area contributed by atoms with Crippen LogP contribution < -0.4 is 5.32 Å². The molecule has 0 radical (unpaired) electrons. The predicted octanol–water partition coefficient (Wildman–Crippen LogP) is 3.18. The highest BCUT2D eigenvalue weighted by Gasteiger charge is 2.30. The smallest absolute Gasteiger partial charge is 0.257 e. The molecule has 1 aromatic heterocycles. The van der Waals surface area contributed by atoms with E-state index in [1.165, 1.54) is 0 Å². The molecule has 1 aliphatic heterocycles. The summed E-state index contributed by atoms with van der Waals surface area (Å²) in [4.78, 5) is 19.2. The van der Waals surface area contributed by atoms with Crippen LogP contribution in [-0.4, -0.2) is 45.9 Å². The largest absolute Gasteiger partial charge is 0.384 e. The summed E-state index contributed by atoms with van der Waals surface area (Å²) >= 11 is 1.94. The van der Waals surface area contributed by atoms with Gasteiger partial charge in [0.15, 0.2) is 0 Å². The van der Waals surface area contributed by atoms with Crippen molar-refractivity contribution in [3.63, 3.8) is 0 Å². The fraction of sp³-hybridized carbons (Fsp3) is 0.625. The summed E-state index contributed by atoms with van der Waals surface area (Å²) < 4.78 is 0. The summed E-state index contributed by atoms with van der Waals surface area (Å²) in [5.74, 6) is 1.11. The van der Waals surface area contributed by atoms with Crippen LogP contribution in [0.5, 0.6) is 0 Å². The number of pyridine rings is 1. The van der Waals surface area contributed by atoms with Crippen LogP contribution in [0.15, 0.2) is 12.3 Å². The van der Waals surface area contributed by atoms with Crippen molar-refractivity contribution in [1.29, 1.82) is 0 Å². The maximum absolute atomic E-state index is 12.9. The van der Waals surface area contributed by atoms with Gasteiger partial charge in [0, 0.05) is 42.0 Å². The summed E-state index contributed by atoms with van der Waals surface area (Å²) in [6.07, 6.45) is 2.75. The Morgan fingerprint density at radius 1 is 1.52 bits per heavy atom. The third-order valence-electron chi connectivity index (χ3n) is 3.98. The van der Waals surface area contributed by atoms with Crippen LogP contribution in [0.1, 0.15) is 43.2 Å². The Morgan fingerprint density at radius 2 is 2.29 bits per heavy atom. The van der Waals surface area contributed by atoms with E-state index < -0.39 is 0 Å². The lowest BCUT2D eigenvalue weighted by Gasteiger charge is -2.37. The molecule has 1 N–H and O–H groups in total. The van der Waals surface area contributed by atoms with Crippen molar-refractivity contribution in [3.05, 3.63) is 23.5 Å². The third kappa shape index (κ3) is 3.70. The fourth-order valence-corrected chi connectivity index (χ4v) is 3.61. The lowest BCUT2D eigenvalue weighted by molar-refractivity contribution is 0.0698. The lowest BCUT2D eigenvalue weighted by Crippen LogP contribution is -2.48. The Labute approximate surface area is 131 Å². The number of hydrogen-bond donors (Lipinski definition) is 1. The molecular weight excluding hydrogens is 282 g/mol. The van der Waals surface area contributed by atoms with E-state index in [1.807, 2.05) is 29.7 Å². The van der Waals surface area contributed by atoms with Gasteiger partial charge in [-0.2, -0.15) is 11.8 Å². The summed E-state index contributed by atoms with van der Waals surface area (Å²) in [5.41, 5.74) is 2.54. The second-order valence-corrected chi connectivity index (χ2v) is 7.10. The van der Waals surface area contributed by atoms with Crippen molar-refractivity contribution in [1.82, 2.24) is 9.88 Å². The fourth-order valence-electron chi connectivity index (χ4n) is 2.51. The highest BCUT2D eigenvalue weighted by molar-refractivity contribution is 8.00. The Morgan fingerprint density at radius 3 is 3.00 bits per heavy atom. The van der Waals surface area contributed by atoms with E-state index in [2.05, 4.69) is 31.1 Å². The SMILES string of the molecule is CCCNc1cc(C)ncc1C(=O)N1CCSC(C)C1C. The summed E-state index contributed by atoms with van der Waals surface area (Å²) in [6.45, 7) is 10.1. The molecule has 0 aromatic carbocycles. The molecule has 4 nitrogen and oxygen atoms in total. The molecule has 0 aliphatic carbocycles. The summed E-state index contributed by atoms with van der Waals surface area (Å²) in [6, 6.07) is 2.23. The molecule has 0 saturated carbocycles. The molecule has 0 bridgehead atoms. The quantitative estimate of drug-likeness (QED) is 0.928. The minimum atomic E-state index is 0.0979.